The number of benzene rings is 1. The third kappa shape index (κ3) is 6.60. The Bertz CT molecular complexity index is 1360. The predicted octanol–water partition coefficient (Wildman–Crippen LogP) is 3.93. The first-order valence-corrected chi connectivity index (χ1v) is 13.3. The number of nitrogen functional groups attached to an aromatic ring is 1. The highest BCUT2D eigenvalue weighted by molar-refractivity contribution is 7.99. The fraction of sp³-hybridized carbons (Fsp3) is 0.476. The maximum absolute atomic E-state index is 13.2. The van der Waals surface area contributed by atoms with Gasteiger partial charge in [-0.25, -0.2) is 9.97 Å². The average molecular weight is 583 g/mol. The number of fused-ring (bicyclic) bond motifs is 1. The van der Waals surface area contributed by atoms with E-state index in [1.54, 1.807) is 0 Å². The molecule has 2 heterocycles. The van der Waals surface area contributed by atoms with Gasteiger partial charge in [0.1, 0.15) is 15.9 Å². The zero-order valence-corrected chi connectivity index (χ0v) is 21.3. The van der Waals surface area contributed by atoms with Crippen LogP contribution in [-0.4, -0.2) is 42.8 Å². The van der Waals surface area contributed by atoms with Crippen molar-refractivity contribution in [3.63, 3.8) is 0 Å². The van der Waals surface area contributed by atoms with Gasteiger partial charge in [-0.2, -0.15) is 31.3 Å². The summed E-state index contributed by atoms with van der Waals surface area (Å²) in [4.78, 5) is 37.1. The first-order valence-electron chi connectivity index (χ1n) is 11.0. The molecule has 38 heavy (non-hydrogen) atoms. The second-order valence-electron chi connectivity index (χ2n) is 9.16. The van der Waals surface area contributed by atoms with Gasteiger partial charge in [0.2, 0.25) is 5.95 Å². The van der Waals surface area contributed by atoms with Crippen LogP contribution in [0, 0.1) is 6.92 Å². The number of imidazole rings is 1. The quantitative estimate of drug-likeness (QED) is 0.225. The molecule has 9 nitrogen and oxygen atoms in total. The third-order valence-electron chi connectivity index (χ3n) is 5.81. The molecule has 3 aromatic rings. The van der Waals surface area contributed by atoms with E-state index >= 15 is 0 Å². The van der Waals surface area contributed by atoms with Crippen LogP contribution in [0.2, 0.25) is 0 Å². The predicted molar refractivity (Wildman–Crippen MR) is 120 cm³/mol. The van der Waals surface area contributed by atoms with Gasteiger partial charge in [-0.1, -0.05) is 29.5 Å². The summed E-state index contributed by atoms with van der Waals surface area (Å²) < 4.78 is 97.7. The molecule has 0 saturated heterocycles. The molecular formula is C21H20F6N5O4PS-2. The molecule has 1 aliphatic rings. The lowest BCUT2D eigenvalue weighted by atomic mass is 10.1. The lowest BCUT2D eigenvalue weighted by Gasteiger charge is -2.51. The highest BCUT2D eigenvalue weighted by Crippen LogP contribution is 2.60. The monoisotopic (exact) mass is 583 g/mol. The fourth-order valence-corrected chi connectivity index (χ4v) is 5.92. The Morgan fingerprint density at radius 1 is 1.08 bits per heavy atom. The summed E-state index contributed by atoms with van der Waals surface area (Å²) in [6.45, 7) is 1.48. The van der Waals surface area contributed by atoms with Gasteiger partial charge in [0, 0.05) is 4.90 Å². The van der Waals surface area contributed by atoms with Gasteiger partial charge in [0.15, 0.2) is 5.65 Å². The molecule has 0 spiro atoms. The molecule has 0 amide bonds. The fourth-order valence-electron chi connectivity index (χ4n) is 4.00. The smallest absolute Gasteiger partial charge is 0.392 e. The maximum atomic E-state index is 13.2. The first kappa shape index (κ1) is 28.6. The summed E-state index contributed by atoms with van der Waals surface area (Å²) in [6, 6.07) is 7.41. The van der Waals surface area contributed by atoms with Gasteiger partial charge in [-0.05, 0) is 39.5 Å². The number of aryl methyl sites for hydroxylation is 1. The molecule has 0 unspecified atom stereocenters. The number of nitrogens with zero attached hydrogens (tertiary/aromatic N) is 4. The van der Waals surface area contributed by atoms with Crippen LogP contribution in [0.25, 0.3) is 11.2 Å². The molecule has 0 atom stereocenters. The normalized spacial score (nSPS) is 16.2. The van der Waals surface area contributed by atoms with Crippen LogP contribution in [0.15, 0.2) is 40.5 Å². The van der Waals surface area contributed by atoms with Crippen molar-refractivity contribution in [1.82, 2.24) is 19.5 Å². The van der Waals surface area contributed by atoms with Gasteiger partial charge < -0.3 is 29.4 Å². The van der Waals surface area contributed by atoms with Crippen molar-refractivity contribution in [3.05, 3.63) is 36.2 Å². The van der Waals surface area contributed by atoms with Gasteiger partial charge >= 0.3 is 12.4 Å². The molecule has 0 bridgehead atoms. The topological polar surface area (TPSA) is 142 Å². The van der Waals surface area contributed by atoms with Gasteiger partial charge in [-0.15, -0.1) is 0 Å². The van der Waals surface area contributed by atoms with Crippen molar-refractivity contribution in [1.29, 1.82) is 0 Å². The summed E-state index contributed by atoms with van der Waals surface area (Å²) in [7, 11) is -6.59. The molecule has 0 aliphatic heterocycles. The molecule has 1 aliphatic carbocycles. The molecule has 1 saturated carbocycles. The average Bonchev–Trinajstić information content (AvgIpc) is 3.37. The number of aromatic nitrogens is 4. The van der Waals surface area contributed by atoms with Crippen molar-refractivity contribution in [2.75, 3.05) is 5.73 Å². The van der Waals surface area contributed by atoms with E-state index in [4.69, 9.17) is 10.5 Å². The minimum absolute atomic E-state index is 0.102. The van der Waals surface area contributed by atoms with Crippen LogP contribution in [-0.2, 0) is 15.8 Å². The molecular weight excluding hydrogens is 563 g/mol. The Labute approximate surface area is 216 Å². The van der Waals surface area contributed by atoms with E-state index in [0.29, 0.717) is 5.03 Å². The summed E-state index contributed by atoms with van der Waals surface area (Å²) in [6.07, 6.45) is -15.1. The summed E-state index contributed by atoms with van der Waals surface area (Å²) >= 11 is 1.21. The third-order valence-corrected chi connectivity index (χ3v) is 8.20. The Hall–Kier alpha value is -2.39. The Morgan fingerprint density at radius 2 is 1.66 bits per heavy atom. The second kappa shape index (κ2) is 9.66. The Kier molecular flexibility index (Phi) is 7.28. The van der Waals surface area contributed by atoms with Crippen LogP contribution in [0.4, 0.5) is 32.3 Å². The minimum atomic E-state index is -6.59. The van der Waals surface area contributed by atoms with E-state index in [-0.39, 0.29) is 30.0 Å². The zero-order chi connectivity index (χ0) is 28.1. The largest absolute Gasteiger partial charge is 0.809 e. The van der Waals surface area contributed by atoms with Crippen LogP contribution >= 0.6 is 19.4 Å². The van der Waals surface area contributed by atoms with Crippen LogP contribution in [0.1, 0.15) is 31.2 Å². The van der Waals surface area contributed by atoms with E-state index in [1.807, 2.05) is 31.2 Å². The molecule has 4 rings (SSSR count). The van der Waals surface area contributed by atoms with E-state index in [0.717, 1.165) is 10.5 Å². The standard InChI is InChI=1S/C21H22F6N5O4PS/c1-12-2-4-13(5-3-12)38-16-14-15(30-17(28)31-16)32(11-29-14)10-18(6-7-18)36-19(37(33,34)35,8-20(22,23)24)9-21(25,26)27/h2-5,11H,6-10H2,1H3,(H2,28,30,31)(H2,33,34,35)/p-2. The van der Waals surface area contributed by atoms with Crippen LogP contribution < -0.4 is 15.5 Å². The summed E-state index contributed by atoms with van der Waals surface area (Å²) in [5.41, 5.74) is 5.39. The van der Waals surface area contributed by atoms with Crippen molar-refractivity contribution < 1.29 is 45.4 Å². The number of hydrogen-bond acceptors (Lipinski definition) is 9. The van der Waals surface area contributed by atoms with Gasteiger partial charge in [-0.3, -0.25) is 0 Å². The molecule has 0 radical (unpaired) electrons. The number of rotatable bonds is 9. The summed E-state index contributed by atoms with van der Waals surface area (Å²) in [5.74, 6) is -0.174. The van der Waals surface area contributed by atoms with E-state index < -0.39 is 50.3 Å². The SMILES string of the molecule is Cc1ccc(Sc2nc(N)nc3c2ncn3CC2(OC(CC(F)(F)F)(CC(F)(F)F)P(=O)([O-])[O-])CC2)cc1. The molecule has 2 N–H and O–H groups in total. The lowest BCUT2D eigenvalue weighted by Crippen LogP contribution is -2.51. The highest BCUT2D eigenvalue weighted by atomic mass is 32.2. The van der Waals surface area contributed by atoms with Crippen LogP contribution in [0.5, 0.6) is 0 Å². The van der Waals surface area contributed by atoms with E-state index in [2.05, 4.69) is 15.0 Å². The molecule has 1 fully saturated rings. The van der Waals surface area contributed by atoms with Crippen molar-refractivity contribution in [2.24, 2.45) is 0 Å². The highest BCUT2D eigenvalue weighted by Gasteiger charge is 2.58. The number of nitrogens with two attached hydrogens (primary N) is 1. The Morgan fingerprint density at radius 3 is 2.16 bits per heavy atom. The number of halogens is 6. The second-order valence-corrected chi connectivity index (χ2v) is 12.0. The number of ether oxygens (including phenoxy) is 1. The van der Waals surface area contributed by atoms with E-state index in [1.165, 1.54) is 22.7 Å². The molecule has 1 aromatic carbocycles. The number of anilines is 1. The number of hydrogen-bond donors (Lipinski definition) is 1. The van der Waals surface area contributed by atoms with Gasteiger partial charge in [0.05, 0.1) is 31.3 Å². The zero-order valence-electron chi connectivity index (χ0n) is 19.5. The van der Waals surface area contributed by atoms with Crippen molar-refractivity contribution in [2.45, 2.75) is 72.4 Å². The lowest BCUT2D eigenvalue weighted by molar-refractivity contribution is -0.347. The van der Waals surface area contributed by atoms with Crippen LogP contribution in [0.3, 0.4) is 0 Å². The first-order chi connectivity index (χ1) is 17.4. The van der Waals surface area contributed by atoms with Crippen molar-refractivity contribution in [3.8, 4) is 0 Å². The number of alkyl halides is 6. The van der Waals surface area contributed by atoms with E-state index in [9.17, 15) is 40.7 Å². The maximum Gasteiger partial charge on any atom is 0.392 e. The van der Waals surface area contributed by atoms with Crippen molar-refractivity contribution >= 4 is 36.5 Å². The molecule has 2 aromatic heterocycles. The molecule has 17 heteroatoms. The minimum Gasteiger partial charge on any atom is -0.809 e. The van der Waals surface area contributed by atoms with Gasteiger partial charge in [0.25, 0.3) is 0 Å². The summed E-state index contributed by atoms with van der Waals surface area (Å²) in [5, 5.41) is -3.73. The molecule has 208 valence electrons. The Balaban J connectivity index is 1.68.